The first kappa shape index (κ1) is 19.5. The SMILES string of the molecule is COc1cccc(/C=C(\C#N)C(=O)c2c[nH]c3cc(Cl)ccc23)c1OC(C)C. The number of nitriles is 1. The molecule has 142 valence electrons. The third-order valence-corrected chi connectivity index (χ3v) is 4.37. The van der Waals surface area contributed by atoms with Crippen LogP contribution in [-0.2, 0) is 0 Å². The van der Waals surface area contributed by atoms with Crippen LogP contribution >= 0.6 is 11.6 Å². The van der Waals surface area contributed by atoms with E-state index in [1.54, 1.807) is 49.7 Å². The number of para-hydroxylation sites is 1. The molecule has 5 nitrogen and oxygen atoms in total. The first-order valence-electron chi connectivity index (χ1n) is 8.71. The monoisotopic (exact) mass is 394 g/mol. The molecule has 0 saturated carbocycles. The summed E-state index contributed by atoms with van der Waals surface area (Å²) in [4.78, 5) is 16.0. The third-order valence-electron chi connectivity index (χ3n) is 4.14. The number of H-pyrrole nitrogens is 1. The van der Waals surface area contributed by atoms with Gasteiger partial charge in [-0.15, -0.1) is 0 Å². The second-order valence-electron chi connectivity index (χ2n) is 6.44. The summed E-state index contributed by atoms with van der Waals surface area (Å²) in [5.41, 5.74) is 1.74. The number of aromatic nitrogens is 1. The van der Waals surface area contributed by atoms with Gasteiger partial charge in [-0.25, -0.2) is 0 Å². The van der Waals surface area contributed by atoms with Crippen molar-refractivity contribution in [2.24, 2.45) is 0 Å². The van der Waals surface area contributed by atoms with E-state index in [2.05, 4.69) is 4.98 Å². The van der Waals surface area contributed by atoms with Crippen molar-refractivity contribution in [2.75, 3.05) is 7.11 Å². The van der Waals surface area contributed by atoms with Gasteiger partial charge in [0.2, 0.25) is 5.78 Å². The van der Waals surface area contributed by atoms with Gasteiger partial charge in [0.1, 0.15) is 11.6 Å². The number of nitrogens with zero attached hydrogens (tertiary/aromatic N) is 1. The topological polar surface area (TPSA) is 75.1 Å². The molecule has 0 spiro atoms. The fourth-order valence-electron chi connectivity index (χ4n) is 2.90. The molecule has 3 rings (SSSR count). The van der Waals surface area contributed by atoms with Gasteiger partial charge in [0.25, 0.3) is 0 Å². The van der Waals surface area contributed by atoms with Crippen LogP contribution in [0.15, 0.2) is 48.2 Å². The standard InChI is InChI=1S/C22H19ClN2O3/c1-13(2)28-22-14(5-4-6-20(22)27-3)9-15(11-24)21(26)18-12-25-19-10-16(23)7-8-17(18)19/h4-10,12-13,25H,1-3H3/b15-9+. The Labute approximate surface area is 168 Å². The Kier molecular flexibility index (Phi) is 5.72. The largest absolute Gasteiger partial charge is 0.493 e. The van der Waals surface area contributed by atoms with E-state index < -0.39 is 0 Å². The average molecular weight is 395 g/mol. The van der Waals surface area contributed by atoms with Gasteiger partial charge in [0.05, 0.1) is 13.2 Å². The van der Waals surface area contributed by atoms with Crippen molar-refractivity contribution < 1.29 is 14.3 Å². The molecule has 1 heterocycles. The van der Waals surface area contributed by atoms with E-state index in [4.69, 9.17) is 21.1 Å². The van der Waals surface area contributed by atoms with E-state index in [-0.39, 0.29) is 17.5 Å². The molecule has 0 fully saturated rings. The maximum absolute atomic E-state index is 13.0. The molecule has 0 unspecified atom stereocenters. The number of carbonyl (C=O) groups excluding carboxylic acids is 1. The van der Waals surface area contributed by atoms with Crippen molar-refractivity contribution in [1.29, 1.82) is 5.26 Å². The van der Waals surface area contributed by atoms with Gasteiger partial charge < -0.3 is 14.5 Å². The lowest BCUT2D eigenvalue weighted by Crippen LogP contribution is -2.08. The number of ketones is 1. The van der Waals surface area contributed by atoms with Crippen LogP contribution < -0.4 is 9.47 Å². The molecule has 0 radical (unpaired) electrons. The Bertz CT molecular complexity index is 1110. The molecule has 0 amide bonds. The van der Waals surface area contributed by atoms with E-state index in [0.29, 0.717) is 33.0 Å². The Hall–Kier alpha value is -3.23. The Balaban J connectivity index is 2.07. The molecule has 6 heteroatoms. The van der Waals surface area contributed by atoms with Gasteiger partial charge in [0.15, 0.2) is 11.5 Å². The number of methoxy groups -OCH3 is 1. The zero-order valence-electron chi connectivity index (χ0n) is 15.7. The fourth-order valence-corrected chi connectivity index (χ4v) is 3.08. The molecular weight excluding hydrogens is 376 g/mol. The molecule has 0 aliphatic rings. The number of ether oxygens (including phenoxy) is 2. The van der Waals surface area contributed by atoms with Gasteiger partial charge in [-0.1, -0.05) is 29.8 Å². The molecule has 2 aromatic carbocycles. The van der Waals surface area contributed by atoms with Gasteiger partial charge in [-0.05, 0) is 38.1 Å². The number of aromatic amines is 1. The molecule has 0 saturated heterocycles. The highest BCUT2D eigenvalue weighted by molar-refractivity contribution is 6.31. The number of fused-ring (bicyclic) bond motifs is 1. The minimum Gasteiger partial charge on any atom is -0.493 e. The maximum atomic E-state index is 13.0. The average Bonchev–Trinajstić information content (AvgIpc) is 3.09. The van der Waals surface area contributed by atoms with Crippen LogP contribution in [-0.4, -0.2) is 24.0 Å². The van der Waals surface area contributed by atoms with Crippen LogP contribution in [0.2, 0.25) is 5.02 Å². The number of carbonyl (C=O) groups is 1. The lowest BCUT2D eigenvalue weighted by Gasteiger charge is -2.16. The van der Waals surface area contributed by atoms with Crippen LogP contribution in [0.4, 0.5) is 0 Å². The summed E-state index contributed by atoms with van der Waals surface area (Å²) in [6, 6.07) is 12.5. The summed E-state index contributed by atoms with van der Waals surface area (Å²) in [7, 11) is 1.55. The first-order chi connectivity index (χ1) is 13.4. The minimum atomic E-state index is -0.380. The van der Waals surface area contributed by atoms with Crippen molar-refractivity contribution in [3.05, 3.63) is 64.3 Å². The van der Waals surface area contributed by atoms with Crippen LogP contribution in [0.5, 0.6) is 11.5 Å². The Morgan fingerprint density at radius 1 is 1.29 bits per heavy atom. The van der Waals surface area contributed by atoms with Crippen LogP contribution in [0.1, 0.15) is 29.8 Å². The van der Waals surface area contributed by atoms with E-state index in [1.807, 2.05) is 19.9 Å². The van der Waals surface area contributed by atoms with Crippen molar-refractivity contribution in [3.63, 3.8) is 0 Å². The second kappa shape index (κ2) is 8.20. The van der Waals surface area contributed by atoms with E-state index >= 15 is 0 Å². The summed E-state index contributed by atoms with van der Waals surface area (Å²) in [6.07, 6.45) is 3.02. The highest BCUT2D eigenvalue weighted by atomic mass is 35.5. The van der Waals surface area contributed by atoms with Crippen LogP contribution in [0.25, 0.3) is 17.0 Å². The van der Waals surface area contributed by atoms with Gasteiger partial charge >= 0.3 is 0 Å². The van der Waals surface area contributed by atoms with Gasteiger partial charge in [-0.2, -0.15) is 5.26 Å². The molecule has 3 aromatic rings. The Morgan fingerprint density at radius 2 is 2.07 bits per heavy atom. The van der Waals surface area contributed by atoms with Crippen LogP contribution in [0.3, 0.4) is 0 Å². The van der Waals surface area contributed by atoms with Gasteiger partial charge in [-0.3, -0.25) is 4.79 Å². The number of hydrogen-bond donors (Lipinski definition) is 1. The van der Waals surface area contributed by atoms with E-state index in [9.17, 15) is 10.1 Å². The fraction of sp³-hybridized carbons (Fsp3) is 0.182. The zero-order valence-corrected chi connectivity index (χ0v) is 16.5. The Morgan fingerprint density at radius 3 is 2.75 bits per heavy atom. The highest BCUT2D eigenvalue weighted by Gasteiger charge is 2.19. The lowest BCUT2D eigenvalue weighted by atomic mass is 10.0. The van der Waals surface area contributed by atoms with Gasteiger partial charge in [0, 0.05) is 33.2 Å². The van der Waals surface area contributed by atoms with Crippen LogP contribution in [0, 0.1) is 11.3 Å². The normalized spacial score (nSPS) is 11.5. The number of nitrogens with one attached hydrogen (secondary N) is 1. The second-order valence-corrected chi connectivity index (χ2v) is 6.87. The molecule has 0 atom stereocenters. The summed E-state index contributed by atoms with van der Waals surface area (Å²) in [5.74, 6) is 0.648. The highest BCUT2D eigenvalue weighted by Crippen LogP contribution is 2.34. The van der Waals surface area contributed by atoms with E-state index in [1.165, 1.54) is 6.08 Å². The summed E-state index contributed by atoms with van der Waals surface area (Å²) in [6.45, 7) is 3.79. The number of hydrogen-bond acceptors (Lipinski definition) is 4. The number of Topliss-reactive ketones (excluding diaryl/α,β-unsaturated/α-hetero) is 1. The number of halogens is 1. The maximum Gasteiger partial charge on any atom is 0.205 e. The van der Waals surface area contributed by atoms with Crippen molar-refractivity contribution in [1.82, 2.24) is 4.98 Å². The predicted molar refractivity (Wildman–Crippen MR) is 110 cm³/mol. The number of benzene rings is 2. The smallest absolute Gasteiger partial charge is 0.205 e. The lowest BCUT2D eigenvalue weighted by molar-refractivity contribution is 0.104. The summed E-state index contributed by atoms with van der Waals surface area (Å²) < 4.78 is 11.2. The van der Waals surface area contributed by atoms with Crippen molar-refractivity contribution in [3.8, 4) is 17.6 Å². The van der Waals surface area contributed by atoms with E-state index in [0.717, 1.165) is 5.52 Å². The molecular formula is C22H19ClN2O3. The minimum absolute atomic E-state index is 0.00212. The third kappa shape index (κ3) is 3.88. The molecule has 1 aromatic heterocycles. The molecule has 0 aliphatic carbocycles. The number of allylic oxidation sites excluding steroid dienone is 1. The molecule has 1 N–H and O–H groups in total. The number of rotatable bonds is 6. The quantitative estimate of drug-likeness (QED) is 0.344. The summed E-state index contributed by atoms with van der Waals surface area (Å²) in [5, 5.41) is 10.9. The van der Waals surface area contributed by atoms with Crippen molar-refractivity contribution in [2.45, 2.75) is 20.0 Å². The zero-order chi connectivity index (χ0) is 20.3. The molecule has 0 aliphatic heterocycles. The molecule has 28 heavy (non-hydrogen) atoms. The molecule has 0 bridgehead atoms. The predicted octanol–water partition coefficient (Wildman–Crippen LogP) is 5.41. The summed E-state index contributed by atoms with van der Waals surface area (Å²) >= 11 is 6.00. The first-order valence-corrected chi connectivity index (χ1v) is 9.09. The van der Waals surface area contributed by atoms with Crippen molar-refractivity contribution >= 4 is 34.4 Å².